The van der Waals surface area contributed by atoms with Crippen molar-refractivity contribution in [2.45, 2.75) is 25.2 Å². The van der Waals surface area contributed by atoms with E-state index in [0.29, 0.717) is 0 Å². The summed E-state index contributed by atoms with van der Waals surface area (Å²) in [5.41, 5.74) is 15.0. The number of allylic oxidation sites excluding steroid dienone is 3. The van der Waals surface area contributed by atoms with Crippen LogP contribution in [0.25, 0.3) is 77.9 Å². The molecule has 0 aliphatic heterocycles. The topological polar surface area (TPSA) is 0 Å². The average molecular weight is 713 g/mol. The van der Waals surface area contributed by atoms with Gasteiger partial charge in [-0.1, -0.05) is 188 Å². The van der Waals surface area contributed by atoms with Gasteiger partial charge in [0.1, 0.15) is 0 Å². The highest BCUT2D eigenvalue weighted by Gasteiger charge is 2.48. The summed E-state index contributed by atoms with van der Waals surface area (Å²) in [5, 5.41) is 9.40. The highest BCUT2D eigenvalue weighted by molar-refractivity contribution is 6.17. The Balaban J connectivity index is 1.22. The van der Waals surface area contributed by atoms with E-state index in [1.54, 1.807) is 0 Å². The average Bonchev–Trinajstić information content (AvgIpc) is 3.57. The Morgan fingerprint density at radius 2 is 1.21 bits per heavy atom. The lowest BCUT2D eigenvalue weighted by Crippen LogP contribution is -2.29. The first-order chi connectivity index (χ1) is 27.8. The van der Waals surface area contributed by atoms with Gasteiger partial charge in [0, 0.05) is 0 Å². The summed E-state index contributed by atoms with van der Waals surface area (Å²) in [4.78, 5) is 0. The largest absolute Gasteiger partial charge is 0.0877 e. The Bertz CT molecular complexity index is 3080. The SMILES string of the molecule is C/C=C\C=C/c1cc2c(c3ccccc13)-c1cccc(-c3cccc(-c4ccc5ccc6c7c(ccc4c57)CCC=6)c3)c1C2(c1ccccc1)c1ccccc1. The van der Waals surface area contributed by atoms with E-state index in [9.17, 15) is 0 Å². The smallest absolute Gasteiger partial charge is 0.0720 e. The van der Waals surface area contributed by atoms with Crippen LogP contribution in [-0.4, -0.2) is 0 Å². The van der Waals surface area contributed by atoms with Crippen LogP contribution >= 0.6 is 0 Å². The van der Waals surface area contributed by atoms with Crippen LogP contribution in [0.1, 0.15) is 46.7 Å². The van der Waals surface area contributed by atoms with E-state index in [-0.39, 0.29) is 0 Å². The minimum atomic E-state index is -0.563. The molecule has 2 aliphatic carbocycles. The molecule has 0 unspecified atom stereocenters. The Kier molecular flexibility index (Phi) is 7.54. The maximum absolute atomic E-state index is 2.48. The van der Waals surface area contributed by atoms with Crippen LogP contribution in [0.2, 0.25) is 0 Å². The molecule has 264 valence electrons. The van der Waals surface area contributed by atoms with E-state index in [2.05, 4.69) is 207 Å². The van der Waals surface area contributed by atoms with Gasteiger partial charge >= 0.3 is 0 Å². The third-order valence-electron chi connectivity index (χ3n) is 12.5. The van der Waals surface area contributed by atoms with Gasteiger partial charge in [0.15, 0.2) is 0 Å². The fourth-order valence-electron chi connectivity index (χ4n) is 10.2. The van der Waals surface area contributed by atoms with Crippen LogP contribution in [-0.2, 0) is 11.8 Å². The number of hydrogen-bond donors (Lipinski definition) is 0. The first-order valence-corrected chi connectivity index (χ1v) is 19.9. The van der Waals surface area contributed by atoms with Gasteiger partial charge in [-0.15, -0.1) is 0 Å². The molecule has 0 nitrogen and oxygen atoms in total. The number of aryl methyl sites for hydroxylation is 1. The highest BCUT2D eigenvalue weighted by Crippen LogP contribution is 2.60. The molecule has 0 amide bonds. The predicted octanol–water partition coefficient (Wildman–Crippen LogP) is 13.9. The standard InChI is InChI=1S/C56H40/c1-2-3-6-16-42-36-51-54(48-26-12-11-25-45(42)48)50-28-15-27-47(55(50)56(51,43-21-7-4-8-22-43)44-23-9-5-10-24-44)41-20-14-19-40(35-41)46-33-31-39-30-29-37-17-13-18-38-32-34-49(46)53(39)52(37)38/h2-12,14-17,19-36H,13,18H2,1H3/b3-2-,16-6-. The molecule has 11 rings (SSSR count). The van der Waals surface area contributed by atoms with E-state index in [4.69, 9.17) is 0 Å². The summed E-state index contributed by atoms with van der Waals surface area (Å²) in [7, 11) is 0. The van der Waals surface area contributed by atoms with Gasteiger partial charge in [-0.2, -0.15) is 0 Å². The van der Waals surface area contributed by atoms with Crippen molar-refractivity contribution in [3.8, 4) is 33.4 Å². The number of rotatable bonds is 6. The van der Waals surface area contributed by atoms with E-state index in [0.717, 1.165) is 12.8 Å². The maximum Gasteiger partial charge on any atom is 0.0720 e. The van der Waals surface area contributed by atoms with Gasteiger partial charge in [0.2, 0.25) is 0 Å². The van der Waals surface area contributed by atoms with Crippen molar-refractivity contribution >= 4 is 44.5 Å². The second kappa shape index (κ2) is 12.9. The summed E-state index contributed by atoms with van der Waals surface area (Å²) in [6, 6.07) is 64.2. The van der Waals surface area contributed by atoms with Crippen molar-refractivity contribution < 1.29 is 0 Å². The van der Waals surface area contributed by atoms with Crippen LogP contribution in [0.4, 0.5) is 0 Å². The van der Waals surface area contributed by atoms with Crippen LogP contribution < -0.4 is 5.22 Å². The second-order valence-electron chi connectivity index (χ2n) is 15.4. The lowest BCUT2D eigenvalue weighted by molar-refractivity contribution is 0.771. The van der Waals surface area contributed by atoms with Crippen molar-refractivity contribution in [3.05, 3.63) is 227 Å². The lowest BCUT2D eigenvalue weighted by atomic mass is 9.65. The fraction of sp³-hybridized carbons (Fsp3) is 0.0714. The van der Waals surface area contributed by atoms with Gasteiger partial charge in [-0.05, 0) is 136 Å². The van der Waals surface area contributed by atoms with Crippen LogP contribution in [0.5, 0.6) is 0 Å². The van der Waals surface area contributed by atoms with Gasteiger partial charge in [-0.3, -0.25) is 0 Å². The monoisotopic (exact) mass is 712 g/mol. The molecule has 0 heterocycles. The number of benzene rings is 9. The van der Waals surface area contributed by atoms with Crippen molar-refractivity contribution in [1.29, 1.82) is 0 Å². The molecule has 0 N–H and O–H groups in total. The van der Waals surface area contributed by atoms with Crippen molar-refractivity contribution in [2.24, 2.45) is 0 Å². The molecule has 9 aromatic rings. The highest BCUT2D eigenvalue weighted by atomic mass is 14.5. The Hall–Kier alpha value is -6.76. The maximum atomic E-state index is 2.48. The van der Waals surface area contributed by atoms with Gasteiger partial charge in [-0.25, -0.2) is 0 Å². The van der Waals surface area contributed by atoms with Gasteiger partial charge in [0.25, 0.3) is 0 Å². The third kappa shape index (κ3) is 4.72. The zero-order chi connectivity index (χ0) is 37.2. The molecule has 0 spiro atoms. The molecule has 0 saturated heterocycles. The molecule has 0 radical (unpaired) electrons. The van der Waals surface area contributed by atoms with E-state index < -0.39 is 5.41 Å². The lowest BCUT2D eigenvalue weighted by Gasteiger charge is -2.35. The number of fused-ring (bicyclic) bond motifs is 5. The molecular weight excluding hydrogens is 673 g/mol. The summed E-state index contributed by atoms with van der Waals surface area (Å²) in [6.45, 7) is 2.07. The van der Waals surface area contributed by atoms with Crippen molar-refractivity contribution in [1.82, 2.24) is 0 Å². The van der Waals surface area contributed by atoms with Gasteiger partial charge in [0.05, 0.1) is 5.41 Å². The third-order valence-corrected chi connectivity index (χ3v) is 12.5. The van der Waals surface area contributed by atoms with E-state index >= 15 is 0 Å². The first kappa shape index (κ1) is 32.7. The predicted molar refractivity (Wildman–Crippen MR) is 239 cm³/mol. The van der Waals surface area contributed by atoms with E-state index in [1.165, 1.54) is 104 Å². The van der Waals surface area contributed by atoms with Crippen LogP contribution in [0.3, 0.4) is 0 Å². The molecule has 9 aromatic carbocycles. The van der Waals surface area contributed by atoms with E-state index in [1.807, 2.05) is 0 Å². The Morgan fingerprint density at radius 3 is 2.00 bits per heavy atom. The van der Waals surface area contributed by atoms with Crippen molar-refractivity contribution in [2.75, 3.05) is 0 Å². The molecule has 0 aromatic heterocycles. The summed E-state index contributed by atoms with van der Waals surface area (Å²) < 4.78 is 0. The first-order valence-electron chi connectivity index (χ1n) is 19.9. The molecule has 0 saturated carbocycles. The molecule has 2 aliphatic rings. The summed E-state index contributed by atoms with van der Waals surface area (Å²) >= 11 is 0. The fourth-order valence-corrected chi connectivity index (χ4v) is 10.2. The van der Waals surface area contributed by atoms with Gasteiger partial charge < -0.3 is 0 Å². The van der Waals surface area contributed by atoms with Crippen LogP contribution in [0.15, 0.2) is 188 Å². The van der Waals surface area contributed by atoms with Crippen LogP contribution in [0, 0.1) is 0 Å². The Morgan fingerprint density at radius 1 is 0.518 bits per heavy atom. The normalized spacial score (nSPS) is 14.2. The zero-order valence-corrected chi connectivity index (χ0v) is 31.5. The van der Waals surface area contributed by atoms with Crippen molar-refractivity contribution in [3.63, 3.8) is 0 Å². The molecular formula is C56H40. The molecule has 0 fully saturated rings. The summed E-state index contributed by atoms with van der Waals surface area (Å²) in [6.07, 6.45) is 13.3. The summed E-state index contributed by atoms with van der Waals surface area (Å²) in [5.74, 6) is 0. The zero-order valence-electron chi connectivity index (χ0n) is 31.5. The minimum absolute atomic E-state index is 0.563. The minimum Gasteiger partial charge on any atom is -0.0877 e. The molecule has 56 heavy (non-hydrogen) atoms. The molecule has 0 heteroatoms. The number of hydrogen-bond acceptors (Lipinski definition) is 0. The second-order valence-corrected chi connectivity index (χ2v) is 15.4. The molecule has 0 atom stereocenters. The Labute approximate surface area is 328 Å². The quantitative estimate of drug-likeness (QED) is 0.151. The molecule has 0 bridgehead atoms.